The van der Waals surface area contributed by atoms with E-state index in [0.29, 0.717) is 5.92 Å². The molecule has 0 spiro atoms. The highest BCUT2D eigenvalue weighted by Gasteiger charge is 2.59. The van der Waals surface area contributed by atoms with Gasteiger partial charge >= 0.3 is 0 Å². The van der Waals surface area contributed by atoms with Crippen molar-refractivity contribution in [1.29, 1.82) is 0 Å². The number of carbonyl (C=O) groups is 1. The lowest BCUT2D eigenvalue weighted by molar-refractivity contribution is -0.149. The van der Waals surface area contributed by atoms with Crippen molar-refractivity contribution in [2.24, 2.45) is 17.3 Å². The number of fused-ring (bicyclic) bond motifs is 1. The lowest BCUT2D eigenvalue weighted by Crippen LogP contribution is -2.54. The van der Waals surface area contributed by atoms with Gasteiger partial charge in [0.25, 0.3) is 0 Å². The molecule has 0 radical (unpaired) electrons. The first-order chi connectivity index (χ1) is 6.12. The van der Waals surface area contributed by atoms with Gasteiger partial charge in [0.15, 0.2) is 5.78 Å². The number of methoxy groups -OCH3 is 1. The molecule has 2 aliphatic rings. The third-order valence-electron chi connectivity index (χ3n) is 3.75. The highest BCUT2D eigenvalue weighted by atomic mass is 16.5. The molecule has 0 aromatic rings. The minimum atomic E-state index is 0.109. The minimum Gasteiger partial charge on any atom is -0.381 e. The number of hydrogen-bond acceptors (Lipinski definition) is 2. The Kier molecular flexibility index (Phi) is 1.84. The molecule has 3 unspecified atom stereocenters. The molecule has 0 aromatic heterocycles. The standard InChI is InChI=1S/C11H16O2/c1-7(2)11-5-4-8(12)10(11)9(6-11)13-3/h4-5,7,9-10H,6H2,1-3H3. The molecule has 72 valence electrons. The smallest absolute Gasteiger partial charge is 0.161 e. The van der Waals surface area contributed by atoms with Gasteiger partial charge in [-0.05, 0) is 18.4 Å². The Hall–Kier alpha value is -0.630. The summed E-state index contributed by atoms with van der Waals surface area (Å²) in [5.74, 6) is 0.899. The van der Waals surface area contributed by atoms with E-state index in [0.717, 1.165) is 6.42 Å². The lowest BCUT2D eigenvalue weighted by atomic mass is 9.54. The van der Waals surface area contributed by atoms with Gasteiger partial charge in [0, 0.05) is 12.5 Å². The SMILES string of the molecule is COC1CC2(C(C)C)C=CC(=O)C12. The highest BCUT2D eigenvalue weighted by molar-refractivity contribution is 5.97. The Labute approximate surface area is 79.0 Å². The van der Waals surface area contributed by atoms with Crippen LogP contribution in [0.3, 0.4) is 0 Å². The molecule has 1 fully saturated rings. The highest BCUT2D eigenvalue weighted by Crippen LogP contribution is 2.57. The molecule has 1 saturated carbocycles. The van der Waals surface area contributed by atoms with E-state index < -0.39 is 0 Å². The molecule has 0 N–H and O–H groups in total. The Morgan fingerprint density at radius 2 is 2.31 bits per heavy atom. The van der Waals surface area contributed by atoms with E-state index in [4.69, 9.17) is 4.74 Å². The van der Waals surface area contributed by atoms with Gasteiger partial charge in [-0.1, -0.05) is 19.9 Å². The summed E-state index contributed by atoms with van der Waals surface area (Å²) in [6.07, 6.45) is 5.00. The van der Waals surface area contributed by atoms with Crippen LogP contribution < -0.4 is 0 Å². The zero-order chi connectivity index (χ0) is 9.64. The Balaban J connectivity index is 2.25. The average Bonchev–Trinajstić information content (AvgIpc) is 2.25. The summed E-state index contributed by atoms with van der Waals surface area (Å²) in [6.45, 7) is 4.36. The quantitative estimate of drug-likeness (QED) is 0.647. The molecule has 2 nitrogen and oxygen atoms in total. The molecular formula is C11H16O2. The predicted octanol–water partition coefficient (Wildman–Crippen LogP) is 1.80. The van der Waals surface area contributed by atoms with Crippen LogP contribution in [-0.2, 0) is 9.53 Å². The fraction of sp³-hybridized carbons (Fsp3) is 0.727. The van der Waals surface area contributed by atoms with Crippen molar-refractivity contribution in [3.05, 3.63) is 12.2 Å². The van der Waals surface area contributed by atoms with E-state index in [1.807, 2.05) is 0 Å². The maximum atomic E-state index is 11.5. The van der Waals surface area contributed by atoms with Crippen LogP contribution in [0.15, 0.2) is 12.2 Å². The van der Waals surface area contributed by atoms with Gasteiger partial charge < -0.3 is 4.74 Å². The molecule has 3 atom stereocenters. The van der Waals surface area contributed by atoms with Gasteiger partial charge in [0.1, 0.15) is 0 Å². The molecule has 0 saturated heterocycles. The van der Waals surface area contributed by atoms with Crippen molar-refractivity contribution in [2.45, 2.75) is 26.4 Å². The van der Waals surface area contributed by atoms with Gasteiger partial charge in [0.05, 0.1) is 12.0 Å². The molecule has 2 heteroatoms. The van der Waals surface area contributed by atoms with Crippen LogP contribution in [0, 0.1) is 17.3 Å². The van der Waals surface area contributed by atoms with Gasteiger partial charge in [-0.2, -0.15) is 0 Å². The van der Waals surface area contributed by atoms with Crippen LogP contribution in [0.1, 0.15) is 20.3 Å². The molecule has 13 heavy (non-hydrogen) atoms. The first kappa shape index (κ1) is 8.95. The lowest BCUT2D eigenvalue weighted by Gasteiger charge is -2.51. The summed E-state index contributed by atoms with van der Waals surface area (Å²) in [6, 6.07) is 0. The number of rotatable bonds is 2. The normalized spacial score (nSPS) is 42.3. The van der Waals surface area contributed by atoms with Gasteiger partial charge in [-0.15, -0.1) is 0 Å². The predicted molar refractivity (Wildman–Crippen MR) is 50.3 cm³/mol. The first-order valence-corrected chi connectivity index (χ1v) is 4.87. The molecular weight excluding hydrogens is 164 g/mol. The zero-order valence-corrected chi connectivity index (χ0v) is 8.41. The molecule has 0 bridgehead atoms. The minimum absolute atomic E-state index is 0.109. The molecule has 2 aliphatic carbocycles. The van der Waals surface area contributed by atoms with E-state index in [9.17, 15) is 4.79 Å². The van der Waals surface area contributed by atoms with E-state index in [1.165, 1.54) is 0 Å². The van der Waals surface area contributed by atoms with Crippen LogP contribution in [0.2, 0.25) is 0 Å². The largest absolute Gasteiger partial charge is 0.381 e. The first-order valence-electron chi connectivity index (χ1n) is 4.87. The Morgan fingerprint density at radius 1 is 1.62 bits per heavy atom. The fourth-order valence-electron chi connectivity index (χ4n) is 2.75. The third kappa shape index (κ3) is 0.953. The number of hydrogen-bond donors (Lipinski definition) is 0. The van der Waals surface area contributed by atoms with E-state index in [1.54, 1.807) is 13.2 Å². The molecule has 0 aliphatic heterocycles. The Morgan fingerprint density at radius 3 is 2.85 bits per heavy atom. The summed E-state index contributed by atoms with van der Waals surface area (Å²) in [5, 5.41) is 0. The second kappa shape index (κ2) is 2.68. The maximum absolute atomic E-state index is 11.5. The number of ether oxygens (including phenoxy) is 1. The molecule has 0 amide bonds. The fourth-order valence-corrected chi connectivity index (χ4v) is 2.75. The summed E-state index contributed by atoms with van der Waals surface area (Å²) in [5.41, 5.74) is 0.123. The van der Waals surface area contributed by atoms with Crippen LogP contribution >= 0.6 is 0 Å². The molecule has 0 aromatic carbocycles. The topological polar surface area (TPSA) is 26.3 Å². The summed E-state index contributed by atoms with van der Waals surface area (Å²) in [7, 11) is 1.69. The van der Waals surface area contributed by atoms with Crippen molar-refractivity contribution in [3.8, 4) is 0 Å². The molecule has 0 heterocycles. The number of ketones is 1. The van der Waals surface area contributed by atoms with Crippen molar-refractivity contribution >= 4 is 5.78 Å². The van der Waals surface area contributed by atoms with Crippen LogP contribution in [0.5, 0.6) is 0 Å². The Bertz CT molecular complexity index is 267. The number of carbonyl (C=O) groups excluding carboxylic acids is 1. The van der Waals surface area contributed by atoms with E-state index in [2.05, 4.69) is 19.9 Å². The van der Waals surface area contributed by atoms with Crippen LogP contribution in [0.25, 0.3) is 0 Å². The average molecular weight is 180 g/mol. The zero-order valence-electron chi connectivity index (χ0n) is 8.41. The van der Waals surface area contributed by atoms with Crippen molar-refractivity contribution in [3.63, 3.8) is 0 Å². The van der Waals surface area contributed by atoms with Gasteiger partial charge in [-0.25, -0.2) is 0 Å². The second-order valence-electron chi connectivity index (χ2n) is 4.46. The van der Waals surface area contributed by atoms with Crippen LogP contribution in [0.4, 0.5) is 0 Å². The number of allylic oxidation sites excluding steroid dienone is 2. The van der Waals surface area contributed by atoms with Gasteiger partial charge in [0.2, 0.25) is 0 Å². The molecule has 2 rings (SSSR count). The van der Waals surface area contributed by atoms with E-state index >= 15 is 0 Å². The third-order valence-corrected chi connectivity index (χ3v) is 3.75. The summed E-state index contributed by atoms with van der Waals surface area (Å²) in [4.78, 5) is 11.5. The summed E-state index contributed by atoms with van der Waals surface area (Å²) < 4.78 is 5.28. The monoisotopic (exact) mass is 180 g/mol. The van der Waals surface area contributed by atoms with Crippen molar-refractivity contribution < 1.29 is 9.53 Å². The van der Waals surface area contributed by atoms with Gasteiger partial charge in [-0.3, -0.25) is 4.79 Å². The van der Waals surface area contributed by atoms with E-state index in [-0.39, 0.29) is 23.2 Å². The maximum Gasteiger partial charge on any atom is 0.161 e. The van der Waals surface area contributed by atoms with Crippen molar-refractivity contribution in [2.75, 3.05) is 7.11 Å². The second-order valence-corrected chi connectivity index (χ2v) is 4.46. The van der Waals surface area contributed by atoms with Crippen LogP contribution in [-0.4, -0.2) is 19.0 Å². The van der Waals surface area contributed by atoms with Crippen molar-refractivity contribution in [1.82, 2.24) is 0 Å². The summed E-state index contributed by atoms with van der Waals surface area (Å²) >= 11 is 0.